The average molecular weight is 514 g/mol. The first-order chi connectivity index (χ1) is 16.5. The highest BCUT2D eigenvalue weighted by atomic mass is 31.1. The molecule has 3 aromatic rings. The fraction of sp³-hybridized carbons (Fsp3) is 0.280. The van der Waals surface area contributed by atoms with Gasteiger partial charge in [-0.05, 0) is 50.5 Å². The summed E-state index contributed by atoms with van der Waals surface area (Å²) in [5.74, 6) is 0.993. The van der Waals surface area contributed by atoms with Crippen molar-refractivity contribution in [1.82, 2.24) is 0 Å². The van der Waals surface area contributed by atoms with E-state index in [0.717, 1.165) is 16.9 Å². The van der Waals surface area contributed by atoms with Crippen LogP contribution in [0.5, 0.6) is 17.2 Å². The van der Waals surface area contributed by atoms with E-state index in [0.29, 0.717) is 28.9 Å². The molecule has 0 saturated heterocycles. The zero-order valence-electron chi connectivity index (χ0n) is 18.9. The monoisotopic (exact) mass is 514 g/mol. The van der Waals surface area contributed by atoms with Crippen LogP contribution in [0.15, 0.2) is 54.6 Å². The Morgan fingerprint density at radius 1 is 0.857 bits per heavy atom. The largest absolute Gasteiger partial charge is 0.496 e. The Labute approximate surface area is 199 Å². The lowest BCUT2D eigenvalue weighted by molar-refractivity contribution is -0.143. The number of fused-ring (bicyclic) bond motifs is 1. The third kappa shape index (κ3) is 4.79. The zero-order chi connectivity index (χ0) is 25.5. The summed E-state index contributed by atoms with van der Waals surface area (Å²) >= 11 is 0. The van der Waals surface area contributed by atoms with Gasteiger partial charge in [0.05, 0.1) is 30.9 Å². The van der Waals surface area contributed by atoms with Crippen molar-refractivity contribution in [2.24, 2.45) is 0 Å². The van der Waals surface area contributed by atoms with Crippen molar-refractivity contribution in [1.29, 1.82) is 0 Å². The highest BCUT2D eigenvalue weighted by Crippen LogP contribution is 2.53. The maximum absolute atomic E-state index is 13.7. The average Bonchev–Trinajstić information content (AvgIpc) is 3.12. The predicted octanol–water partition coefficient (Wildman–Crippen LogP) is 7.11. The van der Waals surface area contributed by atoms with E-state index in [2.05, 4.69) is 0 Å². The molecule has 0 amide bonds. The van der Waals surface area contributed by atoms with Gasteiger partial charge in [-0.3, -0.25) is 0 Å². The molecule has 35 heavy (non-hydrogen) atoms. The van der Waals surface area contributed by atoms with Crippen LogP contribution in [0, 0.1) is 0 Å². The molecular weight excluding hydrogens is 493 g/mol. The molecule has 3 nitrogen and oxygen atoms in total. The number of ether oxygens (including phenoxy) is 3. The van der Waals surface area contributed by atoms with Crippen LogP contribution in [0.3, 0.4) is 0 Å². The van der Waals surface area contributed by atoms with Gasteiger partial charge in [-0.15, -0.1) is 0 Å². The molecule has 10 heteroatoms. The maximum Gasteiger partial charge on any atom is 0.416 e. The van der Waals surface area contributed by atoms with E-state index in [1.54, 1.807) is 30.3 Å². The maximum atomic E-state index is 13.7. The van der Waals surface area contributed by atoms with Gasteiger partial charge in [0, 0.05) is 17.3 Å². The van der Waals surface area contributed by atoms with Gasteiger partial charge in [0.15, 0.2) is 0 Å². The van der Waals surface area contributed by atoms with Crippen LogP contribution in [-0.2, 0) is 18.8 Å². The highest BCUT2D eigenvalue weighted by Gasteiger charge is 2.40. The fourth-order valence-electron chi connectivity index (χ4n) is 4.23. The summed E-state index contributed by atoms with van der Waals surface area (Å²) in [6.45, 7) is 1.88. The number of hydrogen-bond acceptors (Lipinski definition) is 3. The Kier molecular flexibility index (Phi) is 6.66. The lowest BCUT2D eigenvalue weighted by atomic mass is 10.0. The third-order valence-corrected chi connectivity index (χ3v) is 8.20. The van der Waals surface area contributed by atoms with Crippen molar-refractivity contribution < 1.29 is 40.6 Å². The van der Waals surface area contributed by atoms with Crippen molar-refractivity contribution >= 4 is 13.2 Å². The summed E-state index contributed by atoms with van der Waals surface area (Å²) in [5, 5.41) is 0.829. The van der Waals surface area contributed by atoms with Gasteiger partial charge in [0.2, 0.25) is 0 Å². The van der Waals surface area contributed by atoms with Gasteiger partial charge in [-0.1, -0.05) is 24.3 Å². The molecule has 0 fully saturated rings. The molecule has 2 atom stereocenters. The number of hydrogen-bond donors (Lipinski definition) is 0. The van der Waals surface area contributed by atoms with Gasteiger partial charge in [0.1, 0.15) is 23.1 Å². The van der Waals surface area contributed by atoms with Gasteiger partial charge >= 0.3 is 12.4 Å². The van der Waals surface area contributed by atoms with Gasteiger partial charge in [-0.25, -0.2) is 0 Å². The smallest absolute Gasteiger partial charge is 0.416 e. The topological polar surface area (TPSA) is 27.7 Å². The van der Waals surface area contributed by atoms with Crippen LogP contribution >= 0.6 is 7.92 Å². The Hall–Kier alpha value is -2.93. The quantitative estimate of drug-likeness (QED) is 0.268. The van der Waals surface area contributed by atoms with Crippen molar-refractivity contribution in [2.45, 2.75) is 24.6 Å². The molecule has 0 aliphatic carbocycles. The normalized spacial score (nSPS) is 17.6. The Balaban J connectivity index is 1.74. The lowest BCUT2D eigenvalue weighted by Crippen LogP contribution is -2.19. The van der Waals surface area contributed by atoms with Crippen LogP contribution in [0.2, 0.25) is 0 Å². The van der Waals surface area contributed by atoms with Gasteiger partial charge in [-0.2, -0.15) is 26.3 Å². The van der Waals surface area contributed by atoms with E-state index in [4.69, 9.17) is 14.2 Å². The third-order valence-electron chi connectivity index (χ3n) is 5.88. The van der Waals surface area contributed by atoms with E-state index in [1.807, 2.05) is 12.7 Å². The lowest BCUT2D eigenvalue weighted by Gasteiger charge is -2.21. The second-order valence-corrected chi connectivity index (χ2v) is 10.2. The molecule has 186 valence electrons. The van der Waals surface area contributed by atoms with Crippen molar-refractivity contribution in [2.75, 3.05) is 20.9 Å². The number of halogens is 6. The van der Waals surface area contributed by atoms with E-state index < -0.39 is 37.2 Å². The van der Waals surface area contributed by atoms with E-state index in [-0.39, 0.29) is 18.1 Å². The van der Waals surface area contributed by atoms with Crippen LogP contribution in [0.4, 0.5) is 26.3 Å². The molecule has 0 bridgehead atoms. The Morgan fingerprint density at radius 2 is 1.49 bits per heavy atom. The van der Waals surface area contributed by atoms with Crippen LogP contribution in [0.25, 0.3) is 11.1 Å². The first kappa shape index (κ1) is 25.2. The zero-order valence-corrected chi connectivity index (χ0v) is 19.8. The molecule has 1 heterocycles. The standard InChI is InChI=1S/C25H21F6O3P/c1-32-18-7-5-8-19(33-2)22(18)16-6-4-9-20-23(16)35(3)21(34-20)12-14-10-11-15(24(26,27)28)13-17(14)25(29,30)31/h4-11,13,21H,12H2,1-3H3/t21-,35?/m1/s1. The first-order valence-electron chi connectivity index (χ1n) is 10.5. The predicted molar refractivity (Wildman–Crippen MR) is 122 cm³/mol. The minimum atomic E-state index is -4.94. The fourth-order valence-corrected chi connectivity index (χ4v) is 6.30. The molecule has 3 aromatic carbocycles. The highest BCUT2D eigenvalue weighted by molar-refractivity contribution is 7.66. The number of rotatable bonds is 5. The molecule has 1 aliphatic rings. The minimum absolute atomic E-state index is 0.167. The molecule has 0 radical (unpaired) electrons. The molecule has 4 rings (SSSR count). The van der Waals surface area contributed by atoms with Gasteiger partial charge < -0.3 is 14.2 Å². The Morgan fingerprint density at radius 3 is 2.06 bits per heavy atom. The number of alkyl halides is 6. The first-order valence-corrected chi connectivity index (χ1v) is 12.3. The SMILES string of the molecule is COc1cccc(OC)c1-c1cccc2c1P(C)[C@H](Cc1ccc(C(F)(F)F)cc1C(F)(F)F)O2. The molecule has 1 unspecified atom stereocenters. The Bertz CT molecular complexity index is 1220. The molecule has 0 saturated carbocycles. The second-order valence-electron chi connectivity index (χ2n) is 7.94. The summed E-state index contributed by atoms with van der Waals surface area (Å²) in [7, 11) is 1.90. The minimum Gasteiger partial charge on any atom is -0.496 e. The van der Waals surface area contributed by atoms with Crippen LogP contribution < -0.4 is 19.5 Å². The van der Waals surface area contributed by atoms with Crippen LogP contribution in [0.1, 0.15) is 16.7 Å². The van der Waals surface area contributed by atoms with Gasteiger partial charge in [0.25, 0.3) is 0 Å². The summed E-state index contributed by atoms with van der Waals surface area (Å²) < 4.78 is 97.3. The molecule has 1 aliphatic heterocycles. The van der Waals surface area contributed by atoms with Crippen molar-refractivity contribution in [3.8, 4) is 28.4 Å². The van der Waals surface area contributed by atoms with E-state index in [9.17, 15) is 26.3 Å². The second kappa shape index (κ2) is 9.26. The van der Waals surface area contributed by atoms with E-state index >= 15 is 0 Å². The summed E-state index contributed by atoms with van der Waals surface area (Å²) in [4.78, 5) is 0. The number of benzene rings is 3. The van der Waals surface area contributed by atoms with Crippen molar-refractivity contribution in [3.63, 3.8) is 0 Å². The summed E-state index contributed by atoms with van der Waals surface area (Å²) in [5.41, 5.74) is -1.42. The molecule has 0 aromatic heterocycles. The van der Waals surface area contributed by atoms with Crippen molar-refractivity contribution in [3.05, 3.63) is 71.3 Å². The molecular formula is C25H21F6O3P. The molecule has 0 spiro atoms. The number of methoxy groups -OCH3 is 2. The van der Waals surface area contributed by atoms with E-state index in [1.165, 1.54) is 14.2 Å². The molecule has 0 N–H and O–H groups in total. The summed E-state index contributed by atoms with van der Waals surface area (Å²) in [6.07, 6.45) is -10.0. The van der Waals surface area contributed by atoms with Crippen LogP contribution in [-0.4, -0.2) is 26.7 Å². The summed E-state index contributed by atoms with van der Waals surface area (Å²) in [6, 6.07) is 12.4.